The summed E-state index contributed by atoms with van der Waals surface area (Å²) >= 11 is 0. The summed E-state index contributed by atoms with van der Waals surface area (Å²) in [6.07, 6.45) is 2.56. The Bertz CT molecular complexity index is 383. The number of fused-ring (bicyclic) bond motifs is 1. The first kappa shape index (κ1) is 10.7. The third-order valence-electron chi connectivity index (χ3n) is 3.92. The highest BCUT2D eigenvalue weighted by molar-refractivity contribution is 5.44. The lowest BCUT2D eigenvalue weighted by Gasteiger charge is -2.42. The summed E-state index contributed by atoms with van der Waals surface area (Å²) in [5.74, 6) is 0. The van der Waals surface area contributed by atoms with Crippen LogP contribution in [0.4, 0.5) is 0 Å². The molecule has 1 radical (unpaired) electrons. The SMILES string of the molecule is [CH2]c1ccc2c(c1)C(C)(C)CCC2(C)C. The summed E-state index contributed by atoms with van der Waals surface area (Å²) in [6, 6.07) is 6.69. The third-order valence-corrected chi connectivity index (χ3v) is 3.92. The lowest BCUT2D eigenvalue weighted by molar-refractivity contribution is 0.332. The van der Waals surface area contributed by atoms with Gasteiger partial charge in [0.15, 0.2) is 0 Å². The molecule has 0 fully saturated rings. The van der Waals surface area contributed by atoms with E-state index >= 15 is 0 Å². The van der Waals surface area contributed by atoms with Crippen LogP contribution in [0, 0.1) is 6.92 Å². The van der Waals surface area contributed by atoms with E-state index < -0.39 is 0 Å². The lowest BCUT2D eigenvalue weighted by Crippen LogP contribution is -2.33. The second-order valence-corrected chi connectivity index (χ2v) is 6.15. The van der Waals surface area contributed by atoms with Crippen molar-refractivity contribution < 1.29 is 0 Å². The van der Waals surface area contributed by atoms with Crippen LogP contribution in [0.15, 0.2) is 18.2 Å². The van der Waals surface area contributed by atoms with Gasteiger partial charge in [-0.05, 0) is 47.3 Å². The zero-order valence-corrected chi connectivity index (χ0v) is 10.4. The van der Waals surface area contributed by atoms with Crippen LogP contribution in [0.1, 0.15) is 57.2 Å². The summed E-state index contributed by atoms with van der Waals surface area (Å²) < 4.78 is 0. The first-order valence-electron chi connectivity index (χ1n) is 5.80. The molecular weight excluding hydrogens is 180 g/mol. The van der Waals surface area contributed by atoms with E-state index in [2.05, 4.69) is 52.8 Å². The van der Waals surface area contributed by atoms with Crippen LogP contribution in [0.25, 0.3) is 0 Å². The molecule has 15 heavy (non-hydrogen) atoms. The minimum atomic E-state index is 0.318. The second-order valence-electron chi connectivity index (χ2n) is 6.15. The highest BCUT2D eigenvalue weighted by Crippen LogP contribution is 2.45. The topological polar surface area (TPSA) is 0 Å². The molecule has 1 aromatic rings. The van der Waals surface area contributed by atoms with Gasteiger partial charge in [-0.3, -0.25) is 0 Å². The maximum Gasteiger partial charge on any atom is -0.0100 e. The minimum Gasteiger partial charge on any atom is -0.0587 e. The summed E-state index contributed by atoms with van der Waals surface area (Å²) in [7, 11) is 0. The van der Waals surface area contributed by atoms with E-state index in [0.29, 0.717) is 10.8 Å². The fraction of sp³-hybridized carbons (Fsp3) is 0.533. The molecular formula is C15H21. The first-order chi connectivity index (χ1) is 6.83. The van der Waals surface area contributed by atoms with Gasteiger partial charge in [0.2, 0.25) is 0 Å². The van der Waals surface area contributed by atoms with Gasteiger partial charge in [-0.25, -0.2) is 0 Å². The predicted molar refractivity (Wildman–Crippen MR) is 66.2 cm³/mol. The molecule has 0 heterocycles. The normalized spacial score (nSPS) is 22.2. The number of benzene rings is 1. The predicted octanol–water partition coefficient (Wildman–Crippen LogP) is 4.22. The van der Waals surface area contributed by atoms with Crippen LogP contribution in [0.3, 0.4) is 0 Å². The molecule has 0 aliphatic heterocycles. The molecule has 0 unspecified atom stereocenters. The Morgan fingerprint density at radius 2 is 1.47 bits per heavy atom. The van der Waals surface area contributed by atoms with Crippen LogP contribution < -0.4 is 0 Å². The summed E-state index contributed by atoms with van der Waals surface area (Å²) in [4.78, 5) is 0. The number of hydrogen-bond donors (Lipinski definition) is 0. The van der Waals surface area contributed by atoms with E-state index in [9.17, 15) is 0 Å². The van der Waals surface area contributed by atoms with Gasteiger partial charge in [-0.2, -0.15) is 0 Å². The molecule has 0 bridgehead atoms. The maximum atomic E-state index is 4.04. The smallest absolute Gasteiger partial charge is 0.0100 e. The average Bonchev–Trinajstić information content (AvgIpc) is 2.13. The van der Waals surface area contributed by atoms with Crippen LogP contribution in [0.5, 0.6) is 0 Å². The third kappa shape index (κ3) is 1.71. The largest absolute Gasteiger partial charge is 0.0587 e. The van der Waals surface area contributed by atoms with Gasteiger partial charge >= 0.3 is 0 Å². The summed E-state index contributed by atoms with van der Waals surface area (Å²) in [5, 5.41) is 0. The van der Waals surface area contributed by atoms with Crippen molar-refractivity contribution in [2.24, 2.45) is 0 Å². The van der Waals surface area contributed by atoms with E-state index in [4.69, 9.17) is 0 Å². The van der Waals surface area contributed by atoms with E-state index in [1.807, 2.05) is 0 Å². The van der Waals surface area contributed by atoms with Crippen LogP contribution in [0.2, 0.25) is 0 Å². The van der Waals surface area contributed by atoms with E-state index in [1.54, 1.807) is 0 Å². The fourth-order valence-electron chi connectivity index (χ4n) is 2.64. The quantitative estimate of drug-likeness (QED) is 0.589. The number of rotatable bonds is 0. The zero-order valence-electron chi connectivity index (χ0n) is 10.4. The second kappa shape index (κ2) is 3.10. The van der Waals surface area contributed by atoms with E-state index in [0.717, 1.165) is 5.56 Å². The van der Waals surface area contributed by atoms with Crippen molar-refractivity contribution >= 4 is 0 Å². The molecule has 1 aliphatic rings. The standard InChI is InChI=1S/C15H21/c1-11-6-7-12-13(10-11)15(4,5)9-8-14(12,2)3/h6-7,10H,1,8-9H2,2-5H3. The van der Waals surface area contributed by atoms with Crippen molar-refractivity contribution in [1.29, 1.82) is 0 Å². The van der Waals surface area contributed by atoms with Crippen molar-refractivity contribution in [1.82, 2.24) is 0 Å². The molecule has 0 saturated heterocycles. The van der Waals surface area contributed by atoms with Gasteiger partial charge in [-0.1, -0.05) is 45.9 Å². The van der Waals surface area contributed by atoms with Gasteiger partial charge in [0.1, 0.15) is 0 Å². The Labute approximate surface area is 93.7 Å². The number of hydrogen-bond acceptors (Lipinski definition) is 0. The molecule has 2 rings (SSSR count). The Morgan fingerprint density at radius 3 is 2.07 bits per heavy atom. The summed E-state index contributed by atoms with van der Waals surface area (Å²) in [6.45, 7) is 13.4. The van der Waals surface area contributed by atoms with Crippen molar-refractivity contribution in [2.45, 2.75) is 51.4 Å². The average molecular weight is 201 g/mol. The monoisotopic (exact) mass is 201 g/mol. The van der Waals surface area contributed by atoms with Crippen molar-refractivity contribution in [2.75, 3.05) is 0 Å². The fourth-order valence-corrected chi connectivity index (χ4v) is 2.64. The van der Waals surface area contributed by atoms with Crippen LogP contribution in [-0.2, 0) is 10.8 Å². The highest BCUT2D eigenvalue weighted by atomic mass is 14.4. The maximum absolute atomic E-state index is 4.04. The van der Waals surface area contributed by atoms with E-state index in [-0.39, 0.29) is 0 Å². The van der Waals surface area contributed by atoms with E-state index in [1.165, 1.54) is 24.0 Å². The zero-order chi connectivity index (χ0) is 11.3. The van der Waals surface area contributed by atoms with Gasteiger partial charge in [0, 0.05) is 0 Å². The Morgan fingerprint density at radius 1 is 0.933 bits per heavy atom. The molecule has 1 aromatic carbocycles. The van der Waals surface area contributed by atoms with Crippen molar-refractivity contribution in [3.63, 3.8) is 0 Å². The molecule has 0 atom stereocenters. The Balaban J connectivity index is 2.64. The highest BCUT2D eigenvalue weighted by Gasteiger charge is 2.36. The molecule has 0 saturated carbocycles. The molecule has 0 nitrogen and oxygen atoms in total. The van der Waals surface area contributed by atoms with Crippen LogP contribution >= 0.6 is 0 Å². The van der Waals surface area contributed by atoms with Gasteiger partial charge < -0.3 is 0 Å². The van der Waals surface area contributed by atoms with Gasteiger partial charge in [0.25, 0.3) is 0 Å². The molecule has 0 amide bonds. The molecule has 0 N–H and O–H groups in total. The minimum absolute atomic E-state index is 0.318. The molecule has 81 valence electrons. The van der Waals surface area contributed by atoms with Crippen molar-refractivity contribution in [3.8, 4) is 0 Å². The first-order valence-corrected chi connectivity index (χ1v) is 5.80. The molecule has 1 aliphatic carbocycles. The lowest BCUT2D eigenvalue weighted by atomic mass is 9.63. The van der Waals surface area contributed by atoms with Gasteiger partial charge in [-0.15, -0.1) is 0 Å². The molecule has 0 heteroatoms. The van der Waals surface area contributed by atoms with Crippen LogP contribution in [-0.4, -0.2) is 0 Å². The summed E-state index contributed by atoms with van der Waals surface area (Å²) in [5.41, 5.74) is 4.81. The Kier molecular flexibility index (Phi) is 2.22. The van der Waals surface area contributed by atoms with Crippen molar-refractivity contribution in [3.05, 3.63) is 41.8 Å². The molecule has 0 aromatic heterocycles. The van der Waals surface area contributed by atoms with Gasteiger partial charge in [0.05, 0.1) is 0 Å². The Hall–Kier alpha value is -0.780. The molecule has 0 spiro atoms.